The Bertz CT molecular complexity index is 583. The van der Waals surface area contributed by atoms with E-state index >= 15 is 0 Å². The smallest absolute Gasteiger partial charge is 0.150 e. The van der Waals surface area contributed by atoms with Crippen molar-refractivity contribution in [1.82, 2.24) is 9.88 Å². The molecule has 0 spiro atoms. The van der Waals surface area contributed by atoms with Crippen molar-refractivity contribution in [3.05, 3.63) is 24.4 Å². The summed E-state index contributed by atoms with van der Waals surface area (Å²) >= 11 is 0. The van der Waals surface area contributed by atoms with Crippen LogP contribution in [0, 0.1) is 5.92 Å². The summed E-state index contributed by atoms with van der Waals surface area (Å²) in [6, 6.07) is 6.54. The van der Waals surface area contributed by atoms with Crippen LogP contribution in [0.4, 0.5) is 5.82 Å². The van der Waals surface area contributed by atoms with Crippen LogP contribution in [0.2, 0.25) is 0 Å². The number of likely N-dealkylation sites (tertiary alicyclic amines) is 1. The monoisotopic (exact) mass is 323 g/mol. The maximum absolute atomic E-state index is 11.5. The molecule has 22 heavy (non-hydrogen) atoms. The van der Waals surface area contributed by atoms with Crippen molar-refractivity contribution in [2.75, 3.05) is 43.1 Å². The quantitative estimate of drug-likeness (QED) is 0.839. The molecule has 0 aliphatic carbocycles. The highest BCUT2D eigenvalue weighted by atomic mass is 32.2. The summed E-state index contributed by atoms with van der Waals surface area (Å²) in [7, 11) is -0.632. The lowest BCUT2D eigenvalue weighted by Gasteiger charge is -2.38. The molecule has 3 heterocycles. The predicted octanol–water partition coefficient (Wildman–Crippen LogP) is 1.42. The van der Waals surface area contributed by atoms with Gasteiger partial charge in [-0.15, -0.1) is 0 Å². The standard InChI is InChI=1S/C16H25N3O2S/c1-18(16-4-2-3-8-17-16)15-5-9-19(10-6-15)12-14-7-11-22(20,21)13-14/h2-4,8,14-15H,5-7,9-13H2,1H3. The molecular weight excluding hydrogens is 298 g/mol. The highest BCUT2D eigenvalue weighted by Gasteiger charge is 2.31. The van der Waals surface area contributed by atoms with Crippen LogP contribution in [0.25, 0.3) is 0 Å². The van der Waals surface area contributed by atoms with Gasteiger partial charge in [0.15, 0.2) is 9.84 Å². The molecular formula is C16H25N3O2S. The van der Waals surface area contributed by atoms with Gasteiger partial charge >= 0.3 is 0 Å². The highest BCUT2D eigenvalue weighted by Crippen LogP contribution is 2.24. The third-order valence-corrected chi connectivity index (χ3v) is 6.80. The van der Waals surface area contributed by atoms with E-state index in [9.17, 15) is 8.42 Å². The molecule has 2 aliphatic rings. The molecule has 2 fully saturated rings. The van der Waals surface area contributed by atoms with Crippen LogP contribution in [0.15, 0.2) is 24.4 Å². The van der Waals surface area contributed by atoms with Crippen LogP contribution in [0.3, 0.4) is 0 Å². The predicted molar refractivity (Wildman–Crippen MR) is 88.9 cm³/mol. The average molecular weight is 323 g/mol. The molecule has 6 heteroatoms. The van der Waals surface area contributed by atoms with Crippen LogP contribution >= 0.6 is 0 Å². The largest absolute Gasteiger partial charge is 0.357 e. The van der Waals surface area contributed by atoms with Crippen molar-refractivity contribution in [2.45, 2.75) is 25.3 Å². The van der Waals surface area contributed by atoms with E-state index in [0.717, 1.165) is 44.7 Å². The van der Waals surface area contributed by atoms with Gasteiger partial charge in [-0.2, -0.15) is 0 Å². The van der Waals surface area contributed by atoms with Crippen molar-refractivity contribution >= 4 is 15.7 Å². The summed E-state index contributed by atoms with van der Waals surface area (Å²) in [5.41, 5.74) is 0. The van der Waals surface area contributed by atoms with Gasteiger partial charge in [0.25, 0.3) is 0 Å². The fourth-order valence-corrected chi connectivity index (χ4v) is 5.47. The fraction of sp³-hybridized carbons (Fsp3) is 0.688. The van der Waals surface area contributed by atoms with Crippen molar-refractivity contribution < 1.29 is 8.42 Å². The first kappa shape index (κ1) is 15.7. The molecule has 2 saturated heterocycles. The molecule has 0 saturated carbocycles. The third kappa shape index (κ3) is 3.79. The van der Waals surface area contributed by atoms with E-state index in [1.54, 1.807) is 0 Å². The SMILES string of the molecule is CN(c1ccccn1)C1CCN(CC2CCS(=O)(=O)C2)CC1. The Morgan fingerprint density at radius 2 is 2.05 bits per heavy atom. The van der Waals surface area contributed by atoms with Crippen LogP contribution in [-0.2, 0) is 9.84 Å². The summed E-state index contributed by atoms with van der Waals surface area (Å²) in [5, 5.41) is 0. The number of pyridine rings is 1. The number of aromatic nitrogens is 1. The molecule has 1 aromatic heterocycles. The first-order valence-corrected chi connectivity index (χ1v) is 9.92. The van der Waals surface area contributed by atoms with Gasteiger partial charge in [-0.05, 0) is 37.3 Å². The van der Waals surface area contributed by atoms with Crippen LogP contribution in [-0.4, -0.2) is 62.5 Å². The Labute approximate surface area is 133 Å². The van der Waals surface area contributed by atoms with Crippen molar-refractivity contribution in [3.63, 3.8) is 0 Å². The number of nitrogens with zero attached hydrogens (tertiary/aromatic N) is 3. The molecule has 0 bridgehead atoms. The Morgan fingerprint density at radius 3 is 2.64 bits per heavy atom. The maximum Gasteiger partial charge on any atom is 0.150 e. The average Bonchev–Trinajstić information content (AvgIpc) is 2.87. The van der Waals surface area contributed by atoms with Gasteiger partial charge in [0.05, 0.1) is 11.5 Å². The Balaban J connectivity index is 1.48. The normalized spacial score (nSPS) is 26.1. The first-order valence-electron chi connectivity index (χ1n) is 8.10. The lowest BCUT2D eigenvalue weighted by molar-refractivity contribution is 0.187. The summed E-state index contributed by atoms with van der Waals surface area (Å²) in [6.07, 6.45) is 4.91. The third-order valence-electron chi connectivity index (χ3n) is 4.96. The van der Waals surface area contributed by atoms with Crippen LogP contribution < -0.4 is 4.90 Å². The minimum Gasteiger partial charge on any atom is -0.357 e. The van der Waals surface area contributed by atoms with Gasteiger partial charge < -0.3 is 9.80 Å². The minimum atomic E-state index is -2.75. The van der Waals surface area contributed by atoms with E-state index in [1.165, 1.54) is 0 Å². The lowest BCUT2D eigenvalue weighted by Crippen LogP contribution is -2.45. The first-order chi connectivity index (χ1) is 10.5. The lowest BCUT2D eigenvalue weighted by atomic mass is 10.0. The molecule has 0 amide bonds. The van der Waals surface area contributed by atoms with Crippen molar-refractivity contribution in [2.24, 2.45) is 5.92 Å². The number of piperidine rings is 1. The van der Waals surface area contributed by atoms with Gasteiger partial charge in [-0.1, -0.05) is 6.07 Å². The van der Waals surface area contributed by atoms with Crippen molar-refractivity contribution in [3.8, 4) is 0 Å². The molecule has 1 aromatic rings. The zero-order valence-corrected chi connectivity index (χ0v) is 14.0. The van der Waals surface area contributed by atoms with E-state index in [0.29, 0.717) is 23.5 Å². The fourth-order valence-electron chi connectivity index (χ4n) is 3.62. The number of hydrogen-bond acceptors (Lipinski definition) is 5. The molecule has 122 valence electrons. The number of anilines is 1. The Hall–Kier alpha value is -1.14. The topological polar surface area (TPSA) is 53.5 Å². The number of rotatable bonds is 4. The van der Waals surface area contributed by atoms with Gasteiger partial charge in [-0.25, -0.2) is 13.4 Å². The second kappa shape index (κ2) is 6.54. The van der Waals surface area contributed by atoms with Gasteiger partial charge in [0.2, 0.25) is 0 Å². The van der Waals surface area contributed by atoms with Crippen molar-refractivity contribution in [1.29, 1.82) is 0 Å². The zero-order valence-electron chi connectivity index (χ0n) is 13.2. The van der Waals surface area contributed by atoms with E-state index < -0.39 is 9.84 Å². The summed E-state index contributed by atoms with van der Waals surface area (Å²) in [6.45, 7) is 3.05. The van der Waals surface area contributed by atoms with Crippen LogP contribution in [0.1, 0.15) is 19.3 Å². The summed E-state index contributed by atoms with van der Waals surface area (Å²) in [4.78, 5) is 9.13. The second-order valence-electron chi connectivity index (χ2n) is 6.60. The Kier molecular flexibility index (Phi) is 4.68. The molecule has 2 aliphatic heterocycles. The van der Waals surface area contributed by atoms with Crippen LogP contribution in [0.5, 0.6) is 0 Å². The number of sulfone groups is 1. The van der Waals surface area contributed by atoms with Gasteiger partial charge in [0, 0.05) is 38.9 Å². The second-order valence-corrected chi connectivity index (χ2v) is 8.83. The molecule has 5 nitrogen and oxygen atoms in total. The minimum absolute atomic E-state index is 0.343. The molecule has 1 atom stereocenters. The summed E-state index contributed by atoms with van der Waals surface area (Å²) < 4.78 is 23.1. The molecule has 0 radical (unpaired) electrons. The highest BCUT2D eigenvalue weighted by molar-refractivity contribution is 7.91. The maximum atomic E-state index is 11.5. The van der Waals surface area contributed by atoms with Gasteiger partial charge in [-0.3, -0.25) is 0 Å². The zero-order chi connectivity index (χ0) is 15.6. The molecule has 0 aromatic carbocycles. The molecule has 0 N–H and O–H groups in total. The molecule has 1 unspecified atom stereocenters. The van der Waals surface area contributed by atoms with E-state index in [1.807, 2.05) is 18.3 Å². The van der Waals surface area contributed by atoms with E-state index in [2.05, 4.69) is 27.9 Å². The van der Waals surface area contributed by atoms with E-state index in [-0.39, 0.29) is 0 Å². The summed E-state index contributed by atoms with van der Waals surface area (Å²) in [5.74, 6) is 2.15. The molecule has 3 rings (SSSR count). The van der Waals surface area contributed by atoms with E-state index in [4.69, 9.17) is 0 Å². The number of hydrogen-bond donors (Lipinski definition) is 0. The van der Waals surface area contributed by atoms with Gasteiger partial charge in [0.1, 0.15) is 5.82 Å². The Morgan fingerprint density at radius 1 is 1.27 bits per heavy atom.